The van der Waals surface area contributed by atoms with E-state index < -0.39 is 5.54 Å². The summed E-state index contributed by atoms with van der Waals surface area (Å²) in [4.78, 5) is 27.1. The average molecular weight is 390 g/mol. The molecule has 0 bridgehead atoms. The van der Waals surface area contributed by atoms with Gasteiger partial charge in [-0.15, -0.1) is 0 Å². The zero-order valence-corrected chi connectivity index (χ0v) is 16.2. The van der Waals surface area contributed by atoms with Crippen molar-refractivity contribution in [3.05, 3.63) is 71.5 Å². The van der Waals surface area contributed by atoms with Crippen LogP contribution in [0.25, 0.3) is 11.0 Å². The van der Waals surface area contributed by atoms with Gasteiger partial charge in [-0.1, -0.05) is 30.3 Å². The summed E-state index contributed by atoms with van der Waals surface area (Å²) in [5.41, 5.74) is 1.82. The van der Waals surface area contributed by atoms with Crippen molar-refractivity contribution in [2.24, 2.45) is 0 Å². The van der Waals surface area contributed by atoms with E-state index in [1.54, 1.807) is 6.07 Å². The Labute approximate surface area is 168 Å². The number of hydrogen-bond acceptors (Lipinski definition) is 4. The van der Waals surface area contributed by atoms with E-state index in [-0.39, 0.29) is 24.5 Å². The molecule has 5 rings (SSSR count). The highest BCUT2D eigenvalue weighted by Crippen LogP contribution is 2.37. The van der Waals surface area contributed by atoms with Crippen LogP contribution in [0, 0.1) is 6.92 Å². The summed E-state index contributed by atoms with van der Waals surface area (Å²) in [6.45, 7) is 2.87. The standard InChI is InChI=1S/C23H22N2O4/c1-15-11-17-12-16(7-8-19(17)29-15)22(27)25-10-9-23(18-5-3-2-4-6-18)20(13-25)28-14-21(26)24-23/h2-8,11-12,20H,9-10,13-14H2,1H3,(H,24,26)/t20-,23+/m1/s1. The number of nitrogens with one attached hydrogen (secondary N) is 1. The van der Waals surface area contributed by atoms with Crippen molar-refractivity contribution in [3.8, 4) is 0 Å². The minimum absolute atomic E-state index is 0.0154. The zero-order chi connectivity index (χ0) is 20.0. The minimum atomic E-state index is -0.598. The van der Waals surface area contributed by atoms with Crippen molar-refractivity contribution in [1.29, 1.82) is 0 Å². The maximum absolute atomic E-state index is 13.2. The monoisotopic (exact) mass is 390 g/mol. The van der Waals surface area contributed by atoms with Gasteiger partial charge in [0.2, 0.25) is 5.91 Å². The van der Waals surface area contributed by atoms with Crippen molar-refractivity contribution >= 4 is 22.8 Å². The number of likely N-dealkylation sites (tertiary alicyclic amines) is 1. The molecule has 0 saturated carbocycles. The summed E-state index contributed by atoms with van der Waals surface area (Å²) < 4.78 is 11.5. The Kier molecular flexibility index (Phi) is 4.17. The maximum atomic E-state index is 13.2. The molecule has 0 spiro atoms. The molecule has 2 saturated heterocycles. The molecule has 2 amide bonds. The van der Waals surface area contributed by atoms with Crippen LogP contribution in [0.15, 0.2) is 59.0 Å². The number of carbonyl (C=O) groups excluding carboxylic acids is 2. The summed E-state index contributed by atoms with van der Waals surface area (Å²) in [5.74, 6) is 0.667. The second kappa shape index (κ2) is 6.74. The predicted molar refractivity (Wildman–Crippen MR) is 107 cm³/mol. The third-order valence-corrected chi connectivity index (χ3v) is 5.95. The summed E-state index contributed by atoms with van der Waals surface area (Å²) >= 11 is 0. The number of morpholine rings is 1. The maximum Gasteiger partial charge on any atom is 0.253 e. The molecule has 0 aliphatic carbocycles. The van der Waals surface area contributed by atoms with Crippen LogP contribution < -0.4 is 5.32 Å². The van der Waals surface area contributed by atoms with Gasteiger partial charge in [-0.25, -0.2) is 0 Å². The number of hydrogen-bond donors (Lipinski definition) is 1. The van der Waals surface area contributed by atoms with Crippen molar-refractivity contribution in [3.63, 3.8) is 0 Å². The third-order valence-electron chi connectivity index (χ3n) is 5.95. The molecule has 2 aromatic carbocycles. The Morgan fingerprint density at radius 3 is 2.83 bits per heavy atom. The first-order valence-electron chi connectivity index (χ1n) is 9.83. The van der Waals surface area contributed by atoms with E-state index in [0.29, 0.717) is 25.1 Å². The van der Waals surface area contributed by atoms with Gasteiger partial charge in [0.25, 0.3) is 5.91 Å². The summed E-state index contributed by atoms with van der Waals surface area (Å²) in [5, 5.41) is 4.08. The average Bonchev–Trinajstić information content (AvgIpc) is 3.12. The first kappa shape index (κ1) is 17.9. The molecule has 29 heavy (non-hydrogen) atoms. The highest BCUT2D eigenvalue weighted by atomic mass is 16.5. The van der Waals surface area contributed by atoms with Gasteiger partial charge in [-0.2, -0.15) is 0 Å². The first-order chi connectivity index (χ1) is 14.0. The highest BCUT2D eigenvalue weighted by molar-refractivity contribution is 5.98. The zero-order valence-electron chi connectivity index (χ0n) is 16.2. The number of fused-ring (bicyclic) bond motifs is 2. The first-order valence-corrected chi connectivity index (χ1v) is 9.83. The van der Waals surface area contributed by atoms with Crippen LogP contribution in [0.3, 0.4) is 0 Å². The van der Waals surface area contributed by atoms with Crippen molar-refractivity contribution in [2.45, 2.75) is 25.0 Å². The smallest absolute Gasteiger partial charge is 0.253 e. The van der Waals surface area contributed by atoms with Gasteiger partial charge in [0.1, 0.15) is 24.1 Å². The van der Waals surface area contributed by atoms with Crippen LogP contribution in [0.5, 0.6) is 0 Å². The highest BCUT2D eigenvalue weighted by Gasteiger charge is 2.49. The molecular formula is C23H22N2O4. The molecule has 6 heteroatoms. The lowest BCUT2D eigenvalue weighted by Crippen LogP contribution is -2.67. The Morgan fingerprint density at radius 1 is 1.17 bits per heavy atom. The van der Waals surface area contributed by atoms with Gasteiger partial charge >= 0.3 is 0 Å². The topological polar surface area (TPSA) is 71.8 Å². The molecule has 2 aliphatic rings. The fourth-order valence-electron chi connectivity index (χ4n) is 4.53. The van der Waals surface area contributed by atoms with Crippen molar-refractivity contribution in [2.75, 3.05) is 19.7 Å². The van der Waals surface area contributed by atoms with Crippen molar-refractivity contribution < 1.29 is 18.7 Å². The van der Waals surface area contributed by atoms with Crippen LogP contribution in [-0.2, 0) is 15.1 Å². The van der Waals surface area contributed by atoms with E-state index in [1.165, 1.54) is 0 Å². The molecule has 0 unspecified atom stereocenters. The van der Waals surface area contributed by atoms with E-state index >= 15 is 0 Å². The van der Waals surface area contributed by atoms with E-state index in [9.17, 15) is 9.59 Å². The number of amides is 2. The lowest BCUT2D eigenvalue weighted by atomic mass is 9.77. The number of aryl methyl sites for hydroxylation is 1. The van der Waals surface area contributed by atoms with Crippen LogP contribution >= 0.6 is 0 Å². The summed E-state index contributed by atoms with van der Waals surface area (Å²) in [6.07, 6.45) is 0.312. The second-order valence-corrected chi connectivity index (χ2v) is 7.80. The Balaban J connectivity index is 1.43. The Hall–Kier alpha value is -3.12. The number of piperidine rings is 1. The summed E-state index contributed by atoms with van der Waals surface area (Å²) in [6, 6.07) is 17.3. The van der Waals surface area contributed by atoms with Gasteiger partial charge in [0.05, 0.1) is 5.54 Å². The normalized spacial score (nSPS) is 24.2. The number of benzene rings is 2. The largest absolute Gasteiger partial charge is 0.461 e. The molecule has 2 aliphatic heterocycles. The van der Waals surface area contributed by atoms with E-state index in [1.807, 2.05) is 60.4 Å². The van der Waals surface area contributed by atoms with Crippen LogP contribution in [0.2, 0.25) is 0 Å². The lowest BCUT2D eigenvalue weighted by molar-refractivity contribution is -0.150. The van der Waals surface area contributed by atoms with Crippen LogP contribution in [0.4, 0.5) is 0 Å². The van der Waals surface area contributed by atoms with Crippen LogP contribution in [-0.4, -0.2) is 42.5 Å². The molecule has 3 heterocycles. The molecule has 2 atom stereocenters. The van der Waals surface area contributed by atoms with Gasteiger partial charge < -0.3 is 19.4 Å². The quantitative estimate of drug-likeness (QED) is 0.730. The number of nitrogens with zero attached hydrogens (tertiary/aromatic N) is 1. The van der Waals surface area contributed by atoms with E-state index in [2.05, 4.69) is 5.32 Å². The number of rotatable bonds is 2. The van der Waals surface area contributed by atoms with E-state index in [0.717, 1.165) is 22.3 Å². The Morgan fingerprint density at radius 2 is 2.00 bits per heavy atom. The lowest BCUT2D eigenvalue weighted by Gasteiger charge is -2.50. The Bertz CT molecular complexity index is 1090. The fourth-order valence-corrected chi connectivity index (χ4v) is 4.53. The van der Waals surface area contributed by atoms with Crippen molar-refractivity contribution in [1.82, 2.24) is 10.2 Å². The van der Waals surface area contributed by atoms with Crippen LogP contribution in [0.1, 0.15) is 28.1 Å². The second-order valence-electron chi connectivity index (χ2n) is 7.80. The summed E-state index contributed by atoms with van der Waals surface area (Å²) in [7, 11) is 0. The SMILES string of the molecule is Cc1cc2cc(C(=O)N3CC[C@@]4(c5ccccc5)NC(=O)CO[C@@H]4C3)ccc2o1. The molecule has 1 N–H and O–H groups in total. The fraction of sp³-hybridized carbons (Fsp3) is 0.304. The molecule has 148 valence electrons. The molecule has 1 aromatic heterocycles. The molecule has 2 fully saturated rings. The molecular weight excluding hydrogens is 368 g/mol. The molecule has 0 radical (unpaired) electrons. The third kappa shape index (κ3) is 3.00. The number of ether oxygens (including phenoxy) is 1. The van der Waals surface area contributed by atoms with Gasteiger partial charge in [0.15, 0.2) is 0 Å². The van der Waals surface area contributed by atoms with Gasteiger partial charge in [0, 0.05) is 24.0 Å². The van der Waals surface area contributed by atoms with Gasteiger partial charge in [-0.05, 0) is 43.2 Å². The van der Waals surface area contributed by atoms with E-state index in [4.69, 9.17) is 9.15 Å². The predicted octanol–water partition coefficient (Wildman–Crippen LogP) is 3.00. The molecule has 3 aromatic rings. The number of carbonyl (C=O) groups is 2. The number of furan rings is 1. The molecule has 6 nitrogen and oxygen atoms in total. The minimum Gasteiger partial charge on any atom is -0.461 e. The van der Waals surface area contributed by atoms with Gasteiger partial charge in [-0.3, -0.25) is 9.59 Å².